The number of carbonyl (C=O) groups excluding carboxylic acids is 2. The van der Waals surface area contributed by atoms with Gasteiger partial charge in [0.2, 0.25) is 5.91 Å². The number of ether oxygens (including phenoxy) is 1. The highest BCUT2D eigenvalue weighted by molar-refractivity contribution is 14.1. The third kappa shape index (κ3) is 6.72. The molecule has 0 fully saturated rings. The molecule has 0 aliphatic carbocycles. The van der Waals surface area contributed by atoms with E-state index in [0.29, 0.717) is 12.8 Å². The summed E-state index contributed by atoms with van der Waals surface area (Å²) in [5, 5.41) is 11.1. The topological polar surface area (TPSA) is 79.2 Å². The summed E-state index contributed by atoms with van der Waals surface area (Å²) in [7, 11) is 0. The molecule has 0 saturated heterocycles. The van der Waals surface area contributed by atoms with Crippen molar-refractivity contribution < 1.29 is 14.3 Å². The van der Waals surface area contributed by atoms with E-state index < -0.39 is 12.0 Å². The monoisotopic (exact) mass is 412 g/mol. The second-order valence-electron chi connectivity index (χ2n) is 4.55. The molecule has 0 spiro atoms. The molecule has 0 heterocycles. The van der Waals surface area contributed by atoms with Crippen LogP contribution in [0.1, 0.15) is 18.4 Å². The molecule has 0 aromatic heterocycles. The quantitative estimate of drug-likeness (QED) is 0.404. The number of carbonyl (C=O) groups is 2. The van der Waals surface area contributed by atoms with Crippen molar-refractivity contribution in [2.24, 2.45) is 0 Å². The van der Waals surface area contributed by atoms with Crippen LogP contribution >= 0.6 is 22.6 Å². The zero-order chi connectivity index (χ0) is 16.4. The zero-order valence-corrected chi connectivity index (χ0v) is 14.2. The van der Waals surface area contributed by atoms with Gasteiger partial charge in [-0.15, -0.1) is 6.58 Å². The molecule has 1 rings (SSSR count). The molecule has 0 aliphatic rings. The van der Waals surface area contributed by atoms with E-state index in [1.165, 1.54) is 0 Å². The summed E-state index contributed by atoms with van der Waals surface area (Å²) >= 11 is 2.18. The first-order valence-corrected chi connectivity index (χ1v) is 7.83. The van der Waals surface area contributed by atoms with Crippen LogP contribution < -0.4 is 5.32 Å². The highest BCUT2D eigenvalue weighted by Crippen LogP contribution is 2.11. The summed E-state index contributed by atoms with van der Waals surface area (Å²) < 4.78 is 5.86. The van der Waals surface area contributed by atoms with Gasteiger partial charge >= 0.3 is 5.97 Å². The average molecular weight is 412 g/mol. The molecular weight excluding hydrogens is 395 g/mol. The number of hydrogen-bond acceptors (Lipinski definition) is 4. The van der Waals surface area contributed by atoms with Gasteiger partial charge in [0.1, 0.15) is 12.1 Å². The molecule has 116 valence electrons. The van der Waals surface area contributed by atoms with Crippen molar-refractivity contribution in [1.29, 1.82) is 5.26 Å². The predicted octanol–water partition coefficient (Wildman–Crippen LogP) is 2.35. The fraction of sp³-hybridized carbons (Fsp3) is 0.312. The Morgan fingerprint density at radius 2 is 2.27 bits per heavy atom. The molecule has 1 N–H and O–H groups in total. The van der Waals surface area contributed by atoms with E-state index >= 15 is 0 Å². The molecule has 22 heavy (non-hydrogen) atoms. The molecule has 1 atom stereocenters. The molecule has 1 unspecified atom stereocenters. The summed E-state index contributed by atoms with van der Waals surface area (Å²) in [5.41, 5.74) is 0.912. The number of halogens is 1. The van der Waals surface area contributed by atoms with Gasteiger partial charge in [0.05, 0.1) is 0 Å². The number of esters is 1. The minimum Gasteiger partial charge on any atom is -0.449 e. The van der Waals surface area contributed by atoms with E-state index in [4.69, 9.17) is 10.00 Å². The molecule has 0 aliphatic heterocycles. The number of amides is 1. The number of rotatable bonds is 8. The first-order chi connectivity index (χ1) is 10.6. The van der Waals surface area contributed by atoms with Gasteiger partial charge in [0, 0.05) is 16.4 Å². The Hall–Kier alpha value is -1.88. The van der Waals surface area contributed by atoms with Gasteiger partial charge in [0.15, 0.2) is 6.61 Å². The Kier molecular flexibility index (Phi) is 8.22. The van der Waals surface area contributed by atoms with E-state index in [-0.39, 0.29) is 18.9 Å². The van der Waals surface area contributed by atoms with Gasteiger partial charge in [-0.05, 0) is 46.7 Å². The van der Waals surface area contributed by atoms with Crippen molar-refractivity contribution in [1.82, 2.24) is 5.32 Å². The Labute approximate surface area is 143 Å². The van der Waals surface area contributed by atoms with Gasteiger partial charge in [-0.25, -0.2) is 4.79 Å². The fourth-order valence-electron chi connectivity index (χ4n) is 1.80. The summed E-state index contributed by atoms with van der Waals surface area (Å²) in [6.07, 6.45) is 2.76. The maximum atomic E-state index is 12.0. The Bertz CT molecular complexity index is 581. The minimum absolute atomic E-state index is 0.246. The van der Waals surface area contributed by atoms with E-state index in [9.17, 15) is 9.59 Å². The second-order valence-corrected chi connectivity index (χ2v) is 5.79. The van der Waals surface area contributed by atoms with Crippen LogP contribution in [0.3, 0.4) is 0 Å². The summed E-state index contributed by atoms with van der Waals surface area (Å²) in [6.45, 7) is 3.23. The molecule has 1 aromatic carbocycles. The van der Waals surface area contributed by atoms with Gasteiger partial charge in [-0.1, -0.05) is 18.2 Å². The van der Waals surface area contributed by atoms with Gasteiger partial charge in [-0.3, -0.25) is 4.79 Å². The average Bonchev–Trinajstić information content (AvgIpc) is 2.50. The third-order valence-electron chi connectivity index (χ3n) is 2.80. The van der Waals surface area contributed by atoms with E-state index in [1.807, 2.05) is 24.3 Å². The lowest BCUT2D eigenvalue weighted by atomic mass is 10.1. The molecule has 5 nitrogen and oxygen atoms in total. The molecule has 1 aromatic rings. The zero-order valence-electron chi connectivity index (χ0n) is 12.0. The Morgan fingerprint density at radius 1 is 1.50 bits per heavy atom. The Morgan fingerprint density at radius 3 is 2.91 bits per heavy atom. The van der Waals surface area contributed by atoms with Crippen molar-refractivity contribution in [3.8, 4) is 6.07 Å². The predicted molar refractivity (Wildman–Crippen MR) is 90.8 cm³/mol. The SMILES string of the molecule is C=CCCC(=O)NC(Cc1cccc(I)c1)C(=O)OCC#N. The van der Waals surface area contributed by atoms with Crippen LogP contribution in [0.5, 0.6) is 0 Å². The third-order valence-corrected chi connectivity index (χ3v) is 3.47. The van der Waals surface area contributed by atoms with Crippen LogP contribution in [0.4, 0.5) is 0 Å². The number of nitrogens with zero attached hydrogens (tertiary/aromatic N) is 1. The second kappa shape index (κ2) is 9.95. The normalized spacial score (nSPS) is 11.1. The van der Waals surface area contributed by atoms with Gasteiger partial charge in [0.25, 0.3) is 0 Å². The molecule has 6 heteroatoms. The van der Waals surface area contributed by atoms with Crippen molar-refractivity contribution in [3.63, 3.8) is 0 Å². The lowest BCUT2D eigenvalue weighted by Crippen LogP contribution is -2.43. The summed E-state index contributed by atoms with van der Waals surface area (Å²) in [6, 6.07) is 8.57. The lowest BCUT2D eigenvalue weighted by molar-refractivity contribution is -0.146. The standard InChI is InChI=1S/C16H17IN2O3/c1-2-3-7-15(20)19-14(16(21)22-9-8-18)11-12-5-4-6-13(17)10-12/h2,4-6,10,14H,1,3,7,9,11H2,(H,19,20). The van der Waals surface area contributed by atoms with Crippen LogP contribution in [0.15, 0.2) is 36.9 Å². The van der Waals surface area contributed by atoms with Crippen LogP contribution in [0.2, 0.25) is 0 Å². The largest absolute Gasteiger partial charge is 0.449 e. The lowest BCUT2D eigenvalue weighted by Gasteiger charge is -2.17. The molecule has 0 radical (unpaired) electrons. The van der Waals surface area contributed by atoms with Gasteiger partial charge < -0.3 is 10.1 Å². The fourth-order valence-corrected chi connectivity index (χ4v) is 2.40. The van der Waals surface area contributed by atoms with Crippen molar-refractivity contribution >= 4 is 34.5 Å². The number of nitrogens with one attached hydrogen (secondary N) is 1. The molecule has 0 bridgehead atoms. The summed E-state index contributed by atoms with van der Waals surface area (Å²) in [5.74, 6) is -0.850. The molecule has 0 saturated carbocycles. The van der Waals surface area contributed by atoms with Gasteiger partial charge in [-0.2, -0.15) is 5.26 Å². The van der Waals surface area contributed by atoms with Crippen molar-refractivity contribution in [2.75, 3.05) is 6.61 Å². The van der Waals surface area contributed by atoms with Crippen LogP contribution in [0, 0.1) is 14.9 Å². The smallest absolute Gasteiger partial charge is 0.330 e. The number of allylic oxidation sites excluding steroid dienone is 1. The highest BCUT2D eigenvalue weighted by Gasteiger charge is 2.22. The van der Waals surface area contributed by atoms with E-state index in [1.54, 1.807) is 12.1 Å². The Balaban J connectivity index is 2.76. The van der Waals surface area contributed by atoms with Crippen LogP contribution in [-0.2, 0) is 20.7 Å². The maximum absolute atomic E-state index is 12.0. The number of nitriles is 1. The number of hydrogen-bond donors (Lipinski definition) is 1. The first kappa shape index (κ1) is 18.2. The highest BCUT2D eigenvalue weighted by atomic mass is 127. The molecule has 1 amide bonds. The van der Waals surface area contributed by atoms with Crippen LogP contribution in [-0.4, -0.2) is 24.5 Å². The van der Waals surface area contributed by atoms with Crippen LogP contribution in [0.25, 0.3) is 0 Å². The molecular formula is C16H17IN2O3. The minimum atomic E-state index is -0.802. The van der Waals surface area contributed by atoms with E-state index in [2.05, 4.69) is 34.5 Å². The van der Waals surface area contributed by atoms with E-state index in [0.717, 1.165) is 9.13 Å². The van der Waals surface area contributed by atoms with Crippen molar-refractivity contribution in [3.05, 3.63) is 46.1 Å². The maximum Gasteiger partial charge on any atom is 0.330 e. The first-order valence-electron chi connectivity index (χ1n) is 6.75. The summed E-state index contributed by atoms with van der Waals surface area (Å²) in [4.78, 5) is 23.8. The number of benzene rings is 1. The van der Waals surface area contributed by atoms with Crippen molar-refractivity contribution in [2.45, 2.75) is 25.3 Å².